The summed E-state index contributed by atoms with van der Waals surface area (Å²) in [6, 6.07) is 13.0. The zero-order chi connectivity index (χ0) is 17.1. The SMILES string of the molecule is O=C(Cc1nc(-c2ccc(Br)cc2)cs1)Nc1c(Cl)cccc1Cl. The van der Waals surface area contributed by atoms with Gasteiger partial charge in [-0.1, -0.05) is 57.3 Å². The van der Waals surface area contributed by atoms with E-state index in [0.717, 1.165) is 20.7 Å². The summed E-state index contributed by atoms with van der Waals surface area (Å²) < 4.78 is 1.01. The Kier molecular flexibility index (Phi) is 5.56. The Morgan fingerprint density at radius 1 is 1.12 bits per heavy atom. The second-order valence-electron chi connectivity index (χ2n) is 4.95. The minimum Gasteiger partial charge on any atom is -0.323 e. The minimum absolute atomic E-state index is 0.169. The lowest BCUT2D eigenvalue weighted by atomic mass is 10.2. The van der Waals surface area contributed by atoms with Gasteiger partial charge >= 0.3 is 0 Å². The second-order valence-corrected chi connectivity index (χ2v) is 7.63. The fourth-order valence-corrected chi connectivity index (χ4v) is 3.64. The highest BCUT2D eigenvalue weighted by molar-refractivity contribution is 9.10. The Hall–Kier alpha value is -1.40. The number of thiazole rings is 1. The number of halogens is 3. The fraction of sp³-hybridized carbons (Fsp3) is 0.0588. The summed E-state index contributed by atoms with van der Waals surface area (Å²) in [6.45, 7) is 0. The summed E-state index contributed by atoms with van der Waals surface area (Å²) >= 11 is 17.0. The van der Waals surface area contributed by atoms with Gasteiger partial charge in [-0.15, -0.1) is 11.3 Å². The molecule has 0 aliphatic rings. The van der Waals surface area contributed by atoms with Crippen molar-refractivity contribution in [2.45, 2.75) is 6.42 Å². The highest BCUT2D eigenvalue weighted by Gasteiger charge is 2.13. The van der Waals surface area contributed by atoms with Crippen LogP contribution in [0.5, 0.6) is 0 Å². The van der Waals surface area contributed by atoms with Crippen LogP contribution in [0.3, 0.4) is 0 Å². The van der Waals surface area contributed by atoms with Gasteiger partial charge in [-0.25, -0.2) is 4.98 Å². The summed E-state index contributed by atoms with van der Waals surface area (Å²) in [5.41, 5.74) is 2.29. The molecule has 0 spiro atoms. The molecule has 0 atom stereocenters. The first-order valence-corrected chi connectivity index (χ1v) is 9.40. The molecule has 0 radical (unpaired) electrons. The Balaban J connectivity index is 1.70. The van der Waals surface area contributed by atoms with Crippen molar-refractivity contribution in [2.24, 2.45) is 0 Å². The van der Waals surface area contributed by atoms with Gasteiger partial charge in [-0.2, -0.15) is 0 Å². The van der Waals surface area contributed by atoms with E-state index in [1.54, 1.807) is 18.2 Å². The lowest BCUT2D eigenvalue weighted by molar-refractivity contribution is -0.115. The number of benzene rings is 2. The van der Waals surface area contributed by atoms with Gasteiger partial charge in [0.05, 0.1) is 27.8 Å². The van der Waals surface area contributed by atoms with Gasteiger partial charge in [0.15, 0.2) is 0 Å². The maximum atomic E-state index is 12.2. The molecule has 1 N–H and O–H groups in total. The second kappa shape index (κ2) is 7.66. The lowest BCUT2D eigenvalue weighted by Gasteiger charge is -2.08. The number of hydrogen-bond donors (Lipinski definition) is 1. The summed E-state index contributed by atoms with van der Waals surface area (Å²) in [4.78, 5) is 16.7. The number of anilines is 1. The Bertz CT molecular complexity index is 860. The number of nitrogens with zero attached hydrogens (tertiary/aromatic N) is 1. The number of para-hydroxylation sites is 1. The largest absolute Gasteiger partial charge is 0.323 e. The van der Waals surface area contributed by atoms with Crippen molar-refractivity contribution in [3.8, 4) is 11.3 Å². The molecule has 3 rings (SSSR count). The van der Waals surface area contributed by atoms with Crippen molar-refractivity contribution in [1.82, 2.24) is 4.98 Å². The molecule has 0 bridgehead atoms. The normalized spacial score (nSPS) is 10.6. The third kappa shape index (κ3) is 4.16. The summed E-state index contributed by atoms with van der Waals surface area (Å²) in [7, 11) is 0. The zero-order valence-corrected chi connectivity index (χ0v) is 16.1. The number of hydrogen-bond acceptors (Lipinski definition) is 3. The predicted molar refractivity (Wildman–Crippen MR) is 104 cm³/mol. The van der Waals surface area contributed by atoms with Gasteiger partial charge in [-0.05, 0) is 24.3 Å². The van der Waals surface area contributed by atoms with Crippen LogP contribution in [-0.4, -0.2) is 10.9 Å². The topological polar surface area (TPSA) is 42.0 Å². The summed E-state index contributed by atoms with van der Waals surface area (Å²) in [6.07, 6.45) is 0.169. The Morgan fingerprint density at radius 2 is 1.79 bits per heavy atom. The number of amides is 1. The number of nitrogens with one attached hydrogen (secondary N) is 1. The highest BCUT2D eigenvalue weighted by atomic mass is 79.9. The molecular formula is C17H11BrCl2N2OS. The van der Waals surface area contributed by atoms with Crippen molar-refractivity contribution < 1.29 is 4.79 Å². The number of aromatic nitrogens is 1. The molecular weight excluding hydrogens is 431 g/mol. The van der Waals surface area contributed by atoms with Gasteiger partial charge < -0.3 is 5.32 Å². The van der Waals surface area contributed by atoms with E-state index in [9.17, 15) is 4.79 Å². The van der Waals surface area contributed by atoms with Gasteiger partial charge in [-0.3, -0.25) is 4.79 Å². The first kappa shape index (κ1) is 17.4. The van der Waals surface area contributed by atoms with Crippen LogP contribution < -0.4 is 5.32 Å². The monoisotopic (exact) mass is 440 g/mol. The molecule has 122 valence electrons. The van der Waals surface area contributed by atoms with Crippen LogP contribution in [0.2, 0.25) is 10.0 Å². The molecule has 0 unspecified atom stereocenters. The number of rotatable bonds is 4. The zero-order valence-electron chi connectivity index (χ0n) is 12.2. The first-order valence-electron chi connectivity index (χ1n) is 6.97. The average molecular weight is 442 g/mol. The average Bonchev–Trinajstić information content (AvgIpc) is 3.00. The molecule has 0 saturated heterocycles. The maximum Gasteiger partial charge on any atom is 0.231 e. The summed E-state index contributed by atoms with van der Waals surface area (Å²) in [5, 5.41) is 6.23. The Labute approximate surface area is 161 Å². The smallest absolute Gasteiger partial charge is 0.231 e. The quantitative estimate of drug-likeness (QED) is 0.534. The van der Waals surface area contributed by atoms with Gasteiger partial charge in [0.2, 0.25) is 5.91 Å². The molecule has 2 aromatic carbocycles. The molecule has 1 aromatic heterocycles. The molecule has 0 saturated carbocycles. The van der Waals surface area contributed by atoms with Gasteiger partial charge in [0.25, 0.3) is 0 Å². The van der Waals surface area contributed by atoms with E-state index in [4.69, 9.17) is 23.2 Å². The minimum atomic E-state index is -0.207. The number of carbonyl (C=O) groups is 1. The molecule has 24 heavy (non-hydrogen) atoms. The van der Waals surface area contributed by atoms with E-state index < -0.39 is 0 Å². The van der Waals surface area contributed by atoms with Crippen molar-refractivity contribution in [2.75, 3.05) is 5.32 Å². The molecule has 3 nitrogen and oxygen atoms in total. The van der Waals surface area contributed by atoms with E-state index in [0.29, 0.717) is 15.7 Å². The maximum absolute atomic E-state index is 12.2. The third-order valence-electron chi connectivity index (χ3n) is 3.23. The van der Waals surface area contributed by atoms with E-state index in [2.05, 4.69) is 26.2 Å². The molecule has 0 fully saturated rings. The third-order valence-corrected chi connectivity index (χ3v) is 5.24. The number of carbonyl (C=O) groups excluding carboxylic acids is 1. The van der Waals surface area contributed by atoms with Crippen LogP contribution in [0.25, 0.3) is 11.3 Å². The molecule has 0 aliphatic heterocycles. The van der Waals surface area contributed by atoms with Crippen LogP contribution in [-0.2, 0) is 11.2 Å². The molecule has 7 heteroatoms. The molecule has 3 aromatic rings. The van der Waals surface area contributed by atoms with E-state index in [-0.39, 0.29) is 12.3 Å². The van der Waals surface area contributed by atoms with Crippen molar-refractivity contribution in [3.05, 3.63) is 67.4 Å². The fourth-order valence-electron chi connectivity index (χ4n) is 2.08. The van der Waals surface area contributed by atoms with Crippen LogP contribution in [0.15, 0.2) is 52.3 Å². The van der Waals surface area contributed by atoms with Crippen LogP contribution in [0, 0.1) is 0 Å². The Morgan fingerprint density at radius 3 is 2.46 bits per heavy atom. The van der Waals surface area contributed by atoms with Gasteiger partial charge in [0.1, 0.15) is 5.01 Å². The van der Waals surface area contributed by atoms with Crippen LogP contribution in [0.4, 0.5) is 5.69 Å². The van der Waals surface area contributed by atoms with Gasteiger partial charge in [0, 0.05) is 15.4 Å². The van der Waals surface area contributed by atoms with E-state index >= 15 is 0 Å². The molecule has 0 aliphatic carbocycles. The molecule has 1 heterocycles. The van der Waals surface area contributed by atoms with Crippen LogP contribution >= 0.6 is 50.5 Å². The van der Waals surface area contributed by atoms with Crippen molar-refractivity contribution >= 4 is 62.1 Å². The first-order chi connectivity index (χ1) is 11.5. The molecule has 1 amide bonds. The van der Waals surface area contributed by atoms with Crippen molar-refractivity contribution in [1.29, 1.82) is 0 Å². The highest BCUT2D eigenvalue weighted by Crippen LogP contribution is 2.30. The van der Waals surface area contributed by atoms with E-state index in [1.807, 2.05) is 29.6 Å². The standard InChI is InChI=1S/C17H11BrCl2N2OS/c18-11-6-4-10(5-7-11)14-9-24-16(21-14)8-15(23)22-17-12(19)2-1-3-13(17)20/h1-7,9H,8H2,(H,22,23). The van der Waals surface area contributed by atoms with E-state index in [1.165, 1.54) is 11.3 Å². The van der Waals surface area contributed by atoms with Crippen molar-refractivity contribution in [3.63, 3.8) is 0 Å². The van der Waals surface area contributed by atoms with Crippen LogP contribution in [0.1, 0.15) is 5.01 Å². The predicted octanol–water partition coefficient (Wildman–Crippen LogP) is 6.06. The lowest BCUT2D eigenvalue weighted by Crippen LogP contribution is -2.14. The summed E-state index contributed by atoms with van der Waals surface area (Å²) in [5.74, 6) is -0.207.